The number of ether oxygens (including phenoxy) is 1. The van der Waals surface area contributed by atoms with Crippen molar-refractivity contribution >= 4 is 33.2 Å². The molecule has 0 aromatic heterocycles. The summed E-state index contributed by atoms with van der Waals surface area (Å²) in [5, 5.41) is 4.11. The Bertz CT molecular complexity index is 575. The summed E-state index contributed by atoms with van der Waals surface area (Å²) < 4.78 is 6.26. The predicted molar refractivity (Wildman–Crippen MR) is 87.6 cm³/mol. The van der Waals surface area contributed by atoms with Crippen LogP contribution in [0.3, 0.4) is 0 Å². The SMILES string of the molecule is COc1ccc(Br)c(C(CN)Nc2ccc(Cl)cc2)c1. The molecule has 0 heterocycles. The van der Waals surface area contributed by atoms with Gasteiger partial charge in [0.2, 0.25) is 0 Å². The molecule has 0 aliphatic carbocycles. The molecule has 106 valence electrons. The maximum Gasteiger partial charge on any atom is 0.119 e. The molecule has 0 fully saturated rings. The highest BCUT2D eigenvalue weighted by molar-refractivity contribution is 9.10. The number of rotatable bonds is 5. The largest absolute Gasteiger partial charge is 0.497 e. The zero-order valence-electron chi connectivity index (χ0n) is 11.1. The van der Waals surface area contributed by atoms with Crippen LogP contribution in [0.2, 0.25) is 5.02 Å². The van der Waals surface area contributed by atoms with Crippen LogP contribution in [0.4, 0.5) is 5.69 Å². The smallest absolute Gasteiger partial charge is 0.119 e. The van der Waals surface area contributed by atoms with Crippen LogP contribution < -0.4 is 15.8 Å². The lowest BCUT2D eigenvalue weighted by Crippen LogP contribution is -2.21. The highest BCUT2D eigenvalue weighted by Crippen LogP contribution is 2.29. The molecular formula is C15H16BrClN2O. The molecule has 1 unspecified atom stereocenters. The Morgan fingerprint density at radius 2 is 1.95 bits per heavy atom. The van der Waals surface area contributed by atoms with Crippen LogP contribution in [0.15, 0.2) is 46.9 Å². The second-order valence-electron chi connectivity index (χ2n) is 4.33. The van der Waals surface area contributed by atoms with Crippen LogP contribution >= 0.6 is 27.5 Å². The van der Waals surface area contributed by atoms with E-state index in [-0.39, 0.29) is 6.04 Å². The summed E-state index contributed by atoms with van der Waals surface area (Å²) in [4.78, 5) is 0. The summed E-state index contributed by atoms with van der Waals surface area (Å²) in [5.74, 6) is 0.805. The van der Waals surface area contributed by atoms with Gasteiger partial charge in [0.25, 0.3) is 0 Å². The summed E-state index contributed by atoms with van der Waals surface area (Å²) in [6.45, 7) is 0.467. The minimum absolute atomic E-state index is 0.0133. The van der Waals surface area contributed by atoms with E-state index in [1.807, 2.05) is 42.5 Å². The molecule has 0 spiro atoms. The molecule has 0 saturated heterocycles. The molecule has 0 saturated carbocycles. The van der Waals surface area contributed by atoms with Gasteiger partial charge in [0.15, 0.2) is 0 Å². The van der Waals surface area contributed by atoms with Crippen molar-refractivity contribution in [2.24, 2.45) is 5.73 Å². The molecule has 0 amide bonds. The van der Waals surface area contributed by atoms with Gasteiger partial charge in [-0.2, -0.15) is 0 Å². The minimum atomic E-state index is -0.0133. The molecule has 3 nitrogen and oxygen atoms in total. The molecule has 2 rings (SSSR count). The molecule has 0 radical (unpaired) electrons. The Labute approximate surface area is 132 Å². The summed E-state index contributed by atoms with van der Waals surface area (Å²) in [6, 6.07) is 13.4. The van der Waals surface area contributed by atoms with Crippen LogP contribution in [0, 0.1) is 0 Å². The van der Waals surface area contributed by atoms with E-state index in [9.17, 15) is 0 Å². The van der Waals surface area contributed by atoms with Crippen molar-refractivity contribution < 1.29 is 4.74 Å². The summed E-state index contributed by atoms with van der Waals surface area (Å²) in [5.41, 5.74) is 7.92. The Morgan fingerprint density at radius 3 is 2.55 bits per heavy atom. The molecule has 0 aliphatic rings. The molecule has 1 atom stereocenters. The fourth-order valence-corrected chi connectivity index (χ4v) is 2.58. The number of benzene rings is 2. The summed E-state index contributed by atoms with van der Waals surface area (Å²) in [6.07, 6.45) is 0. The van der Waals surface area contributed by atoms with Crippen LogP contribution in [0.1, 0.15) is 11.6 Å². The van der Waals surface area contributed by atoms with Crippen molar-refractivity contribution in [3.63, 3.8) is 0 Å². The van der Waals surface area contributed by atoms with E-state index in [0.29, 0.717) is 11.6 Å². The molecule has 0 bridgehead atoms. The topological polar surface area (TPSA) is 47.3 Å². The Morgan fingerprint density at radius 1 is 1.25 bits per heavy atom. The van der Waals surface area contributed by atoms with Gasteiger partial charge in [0.05, 0.1) is 13.2 Å². The maximum absolute atomic E-state index is 5.89. The van der Waals surface area contributed by atoms with Gasteiger partial charge in [-0.1, -0.05) is 27.5 Å². The van der Waals surface area contributed by atoms with Crippen molar-refractivity contribution in [1.29, 1.82) is 0 Å². The van der Waals surface area contributed by atoms with E-state index in [2.05, 4.69) is 21.2 Å². The standard InChI is InChI=1S/C15H16BrClN2O/c1-20-12-6-7-14(16)13(8-12)15(9-18)19-11-4-2-10(17)3-5-11/h2-8,15,19H,9,18H2,1H3. The van der Waals surface area contributed by atoms with E-state index in [4.69, 9.17) is 22.1 Å². The first-order valence-corrected chi connectivity index (χ1v) is 7.36. The number of anilines is 1. The Balaban J connectivity index is 2.25. The minimum Gasteiger partial charge on any atom is -0.497 e. The van der Waals surface area contributed by atoms with Gasteiger partial charge in [-0.15, -0.1) is 0 Å². The van der Waals surface area contributed by atoms with Gasteiger partial charge in [-0.3, -0.25) is 0 Å². The molecule has 20 heavy (non-hydrogen) atoms. The van der Waals surface area contributed by atoms with E-state index in [1.54, 1.807) is 7.11 Å². The monoisotopic (exact) mass is 354 g/mol. The van der Waals surface area contributed by atoms with Gasteiger partial charge in [-0.05, 0) is 48.0 Å². The summed E-state index contributed by atoms with van der Waals surface area (Å²) in [7, 11) is 1.65. The zero-order valence-corrected chi connectivity index (χ0v) is 13.4. The van der Waals surface area contributed by atoms with Crippen molar-refractivity contribution in [3.05, 3.63) is 57.5 Å². The second kappa shape index (κ2) is 6.97. The highest BCUT2D eigenvalue weighted by Gasteiger charge is 2.14. The maximum atomic E-state index is 5.89. The van der Waals surface area contributed by atoms with Crippen LogP contribution in [0.25, 0.3) is 0 Å². The van der Waals surface area contributed by atoms with Crippen molar-refractivity contribution in [1.82, 2.24) is 0 Å². The van der Waals surface area contributed by atoms with Gasteiger partial charge in [0, 0.05) is 21.7 Å². The number of methoxy groups -OCH3 is 1. The molecule has 2 aromatic rings. The number of hydrogen-bond donors (Lipinski definition) is 2. The molecule has 5 heteroatoms. The summed E-state index contributed by atoms with van der Waals surface area (Å²) >= 11 is 9.44. The Hall–Kier alpha value is -1.23. The first-order valence-electron chi connectivity index (χ1n) is 6.19. The normalized spacial score (nSPS) is 12.0. The van der Waals surface area contributed by atoms with E-state index >= 15 is 0 Å². The van der Waals surface area contributed by atoms with Crippen molar-refractivity contribution in [2.75, 3.05) is 19.0 Å². The lowest BCUT2D eigenvalue weighted by molar-refractivity contribution is 0.414. The molecule has 3 N–H and O–H groups in total. The van der Waals surface area contributed by atoms with Crippen LogP contribution in [-0.2, 0) is 0 Å². The molecular weight excluding hydrogens is 340 g/mol. The average molecular weight is 356 g/mol. The van der Waals surface area contributed by atoms with Crippen LogP contribution in [-0.4, -0.2) is 13.7 Å². The third-order valence-electron chi connectivity index (χ3n) is 3.00. The number of halogens is 2. The van der Waals surface area contributed by atoms with Crippen LogP contribution in [0.5, 0.6) is 5.75 Å². The fraction of sp³-hybridized carbons (Fsp3) is 0.200. The lowest BCUT2D eigenvalue weighted by Gasteiger charge is -2.20. The predicted octanol–water partition coefficient (Wildman–Crippen LogP) is 4.22. The first-order chi connectivity index (χ1) is 9.63. The third-order valence-corrected chi connectivity index (χ3v) is 3.97. The zero-order chi connectivity index (χ0) is 14.5. The van der Waals surface area contributed by atoms with E-state index < -0.39 is 0 Å². The van der Waals surface area contributed by atoms with E-state index in [1.165, 1.54) is 0 Å². The van der Waals surface area contributed by atoms with Gasteiger partial charge in [-0.25, -0.2) is 0 Å². The second-order valence-corrected chi connectivity index (χ2v) is 5.62. The van der Waals surface area contributed by atoms with Crippen molar-refractivity contribution in [2.45, 2.75) is 6.04 Å². The first kappa shape index (κ1) is 15.2. The quantitative estimate of drug-likeness (QED) is 0.844. The highest BCUT2D eigenvalue weighted by atomic mass is 79.9. The van der Waals surface area contributed by atoms with Gasteiger partial charge in [0.1, 0.15) is 5.75 Å². The fourth-order valence-electron chi connectivity index (χ4n) is 1.93. The van der Waals surface area contributed by atoms with Crippen molar-refractivity contribution in [3.8, 4) is 5.75 Å². The molecule has 2 aromatic carbocycles. The number of nitrogens with two attached hydrogens (primary N) is 1. The van der Waals surface area contributed by atoms with Gasteiger partial charge >= 0.3 is 0 Å². The van der Waals surface area contributed by atoms with Gasteiger partial charge < -0.3 is 15.8 Å². The Kier molecular flexibility index (Phi) is 5.29. The lowest BCUT2D eigenvalue weighted by atomic mass is 10.1. The number of hydrogen-bond acceptors (Lipinski definition) is 3. The van der Waals surface area contributed by atoms with E-state index in [0.717, 1.165) is 21.5 Å². The third kappa shape index (κ3) is 3.66. The number of nitrogens with one attached hydrogen (secondary N) is 1. The molecule has 0 aliphatic heterocycles. The average Bonchev–Trinajstić information content (AvgIpc) is 2.47.